The quantitative estimate of drug-likeness (QED) is 0.0383. The SMILES string of the molecule is CCCCCCc1ccc(C)c2c1-c1nc-2nc2[nH]c(nc3nc(nc4[nH]c(n1)c1c(CCCCCC)ccc(CCCCCC)c41)-c1c(CCCCCC)ccc(CCCCCC)c1-3)c1c(CCCCCC)ccc(CCCCCC)c21. The number of nitrogens with zero attached hydrogens (tertiary/aromatic N) is 6. The second kappa shape index (κ2) is 31.4. The summed E-state index contributed by atoms with van der Waals surface area (Å²) >= 11 is 0. The molecule has 0 saturated heterocycles. The Bertz CT molecular complexity index is 3390. The summed E-state index contributed by atoms with van der Waals surface area (Å²) in [5, 5.41) is 4.78. The molecule has 0 atom stereocenters. The number of hydrogen-bond donors (Lipinski definition) is 2. The van der Waals surface area contributed by atoms with Crippen molar-refractivity contribution in [1.29, 1.82) is 0 Å². The second-order valence-corrected chi connectivity index (χ2v) is 25.0. The highest BCUT2D eigenvalue weighted by Gasteiger charge is 2.29. The van der Waals surface area contributed by atoms with Gasteiger partial charge in [0.25, 0.3) is 0 Å². The predicted molar refractivity (Wildman–Crippen MR) is 356 cm³/mol. The zero-order valence-electron chi connectivity index (χ0n) is 53.1. The number of benzene rings is 4. The number of nitrogens with one attached hydrogen (secondary N) is 2. The first-order chi connectivity index (χ1) is 40.8. The Morgan fingerprint density at radius 3 is 0.723 bits per heavy atom. The van der Waals surface area contributed by atoms with Crippen molar-refractivity contribution in [2.24, 2.45) is 0 Å². The van der Waals surface area contributed by atoms with Gasteiger partial charge in [-0.2, -0.15) is 0 Å². The Balaban J connectivity index is 1.46. The van der Waals surface area contributed by atoms with E-state index in [2.05, 4.69) is 114 Å². The van der Waals surface area contributed by atoms with Gasteiger partial charge < -0.3 is 9.97 Å². The fourth-order valence-electron chi connectivity index (χ4n) is 13.6. The van der Waals surface area contributed by atoms with E-state index in [1.807, 2.05) is 0 Å². The zero-order valence-corrected chi connectivity index (χ0v) is 53.1. The van der Waals surface area contributed by atoms with Gasteiger partial charge >= 0.3 is 0 Å². The first kappa shape index (κ1) is 61.8. The van der Waals surface area contributed by atoms with Gasteiger partial charge in [-0.1, -0.05) is 232 Å². The Kier molecular flexibility index (Phi) is 23.4. The van der Waals surface area contributed by atoms with Crippen LogP contribution in [0.25, 0.3) is 89.7 Å². The van der Waals surface area contributed by atoms with Crippen LogP contribution < -0.4 is 0 Å². The fraction of sp³-hybridized carbons (Fsp3) is 0.573. The van der Waals surface area contributed by atoms with Gasteiger partial charge in [0, 0.05) is 43.8 Å². The molecule has 8 bridgehead atoms. The monoisotopic (exact) mass is 1120 g/mol. The van der Waals surface area contributed by atoms with Crippen LogP contribution in [0.4, 0.5) is 0 Å². The average molecular weight is 1120 g/mol. The van der Waals surface area contributed by atoms with Gasteiger partial charge in [0.2, 0.25) is 0 Å². The molecule has 0 saturated carbocycles. The highest BCUT2D eigenvalue weighted by Crippen LogP contribution is 2.44. The van der Waals surface area contributed by atoms with Crippen LogP contribution >= 0.6 is 0 Å². The summed E-state index contributed by atoms with van der Waals surface area (Å²) in [5.41, 5.74) is 18.5. The van der Waals surface area contributed by atoms with Crippen molar-refractivity contribution < 1.29 is 0 Å². The zero-order chi connectivity index (χ0) is 57.9. The normalized spacial score (nSPS) is 12.1. The number of hydrogen-bond acceptors (Lipinski definition) is 6. The number of aromatic amines is 2. The molecule has 8 heteroatoms. The van der Waals surface area contributed by atoms with Gasteiger partial charge in [-0.05, 0) is 141 Å². The third-order valence-corrected chi connectivity index (χ3v) is 18.3. The minimum Gasteiger partial charge on any atom is -0.324 e. The minimum atomic E-state index is 0.733. The van der Waals surface area contributed by atoms with E-state index in [1.165, 1.54) is 212 Å². The number of aromatic nitrogens is 8. The molecule has 3 aromatic heterocycles. The van der Waals surface area contributed by atoms with Crippen molar-refractivity contribution in [2.45, 2.75) is 280 Å². The Morgan fingerprint density at radius 2 is 0.458 bits per heavy atom. The van der Waals surface area contributed by atoms with E-state index < -0.39 is 0 Å². The van der Waals surface area contributed by atoms with E-state index in [4.69, 9.17) is 29.9 Å². The van der Waals surface area contributed by atoms with Gasteiger partial charge in [-0.25, -0.2) is 29.9 Å². The van der Waals surface area contributed by atoms with Crippen LogP contribution in [0.3, 0.4) is 0 Å². The molecule has 2 N–H and O–H groups in total. The minimum absolute atomic E-state index is 0.733. The Morgan fingerprint density at radius 1 is 0.241 bits per heavy atom. The summed E-state index contributed by atoms with van der Waals surface area (Å²) in [6.45, 7) is 18.4. The van der Waals surface area contributed by atoms with Crippen molar-refractivity contribution in [3.8, 4) is 45.6 Å². The molecule has 0 spiro atoms. The summed E-state index contributed by atoms with van der Waals surface area (Å²) in [5.74, 6) is 3.02. The molecule has 5 heterocycles. The summed E-state index contributed by atoms with van der Waals surface area (Å²) in [6, 6.07) is 19.3. The number of rotatable bonds is 35. The molecular weight excluding hydrogens is 1010 g/mol. The molecule has 0 fully saturated rings. The smallest absolute Gasteiger partial charge is 0.165 e. The van der Waals surface area contributed by atoms with E-state index >= 15 is 0 Å². The third kappa shape index (κ3) is 14.8. The van der Waals surface area contributed by atoms with Crippen LogP contribution in [0, 0.1) is 6.92 Å². The topological polar surface area (TPSA) is 109 Å². The van der Waals surface area contributed by atoms with Crippen LogP contribution in [-0.2, 0) is 44.9 Å². The fourth-order valence-corrected chi connectivity index (χ4v) is 13.6. The molecule has 8 nitrogen and oxygen atoms in total. The lowest BCUT2D eigenvalue weighted by atomic mass is 9.91. The van der Waals surface area contributed by atoms with Gasteiger partial charge in [0.15, 0.2) is 23.3 Å². The van der Waals surface area contributed by atoms with Gasteiger partial charge in [-0.15, -0.1) is 0 Å². The van der Waals surface area contributed by atoms with E-state index in [9.17, 15) is 0 Å². The van der Waals surface area contributed by atoms with Gasteiger partial charge in [-0.3, -0.25) is 0 Å². The van der Waals surface area contributed by atoms with Crippen molar-refractivity contribution in [2.75, 3.05) is 0 Å². The highest BCUT2D eigenvalue weighted by molar-refractivity contribution is 6.10. The number of aryl methyl sites for hydroxylation is 8. The molecular formula is C75H104N8. The van der Waals surface area contributed by atoms with Crippen LogP contribution in [0.15, 0.2) is 48.5 Å². The standard InChI is InChI=1S/C75H104N8/c1-9-16-23-30-37-53-45-44-52(8)60-61(53)69-76-68(60)77-70-62-54(38-31-24-17-10-2)46-47-55(39-32-25-18-11-3)63(62)72(79-70)81-74-66-58(42-35-28-21-14-6)50-51-59(43-36-29-22-15-7)67(66)75(83-74)82-73-65-57(41-34-27-20-13-5)49-48-56(40-33-26-19-12-4)64(65)71(78-69)80-73/h44-51H,9-43H2,1-8H3,(H2,76,77,78,79,80,81,82,83). The van der Waals surface area contributed by atoms with E-state index in [1.54, 1.807) is 0 Å². The maximum absolute atomic E-state index is 5.95. The largest absolute Gasteiger partial charge is 0.324 e. The van der Waals surface area contributed by atoms with E-state index in [-0.39, 0.29) is 0 Å². The van der Waals surface area contributed by atoms with Crippen LogP contribution in [-0.4, -0.2) is 39.9 Å². The molecule has 444 valence electrons. The van der Waals surface area contributed by atoms with E-state index in [0.29, 0.717) is 0 Å². The van der Waals surface area contributed by atoms with Gasteiger partial charge in [0.1, 0.15) is 22.6 Å². The van der Waals surface area contributed by atoms with Crippen molar-refractivity contribution in [3.05, 3.63) is 93.0 Å². The summed E-state index contributed by atoms with van der Waals surface area (Å²) in [6.07, 6.45) is 40.3. The molecule has 2 aliphatic heterocycles. The molecule has 0 amide bonds. The number of H-pyrrole nitrogens is 2. The van der Waals surface area contributed by atoms with Crippen molar-refractivity contribution in [3.63, 3.8) is 0 Å². The molecule has 9 rings (SSSR count). The molecule has 4 aromatic carbocycles. The lowest BCUT2D eigenvalue weighted by molar-refractivity contribution is 0.664. The van der Waals surface area contributed by atoms with Crippen LogP contribution in [0.2, 0.25) is 0 Å². The Hall–Kier alpha value is -5.76. The lowest BCUT2D eigenvalue weighted by Gasteiger charge is -2.13. The molecule has 0 radical (unpaired) electrons. The molecule has 7 aromatic rings. The summed E-state index contributed by atoms with van der Waals surface area (Å²) in [7, 11) is 0. The third-order valence-electron chi connectivity index (χ3n) is 18.3. The van der Waals surface area contributed by atoms with Crippen LogP contribution in [0.5, 0.6) is 0 Å². The second-order valence-electron chi connectivity index (χ2n) is 25.0. The summed E-state index contributed by atoms with van der Waals surface area (Å²) < 4.78 is 0. The maximum atomic E-state index is 5.95. The first-order valence-corrected chi connectivity index (χ1v) is 34.3. The predicted octanol–water partition coefficient (Wildman–Crippen LogP) is 22.0. The van der Waals surface area contributed by atoms with Crippen LogP contribution in [0.1, 0.15) is 273 Å². The molecule has 0 aliphatic carbocycles. The maximum Gasteiger partial charge on any atom is 0.165 e. The van der Waals surface area contributed by atoms with Gasteiger partial charge in [0.05, 0.1) is 0 Å². The Labute approximate surface area is 500 Å². The number of unbranched alkanes of at least 4 members (excludes halogenated alkanes) is 21. The molecule has 2 aliphatic rings. The average Bonchev–Trinajstić information content (AvgIpc) is 2.13. The number of fused-ring (bicyclic) bond motifs is 20. The van der Waals surface area contributed by atoms with Crippen molar-refractivity contribution >= 4 is 44.1 Å². The van der Waals surface area contributed by atoms with E-state index in [0.717, 1.165) is 147 Å². The summed E-state index contributed by atoms with van der Waals surface area (Å²) in [4.78, 5) is 43.2. The molecule has 83 heavy (non-hydrogen) atoms. The molecule has 0 unspecified atom stereocenters. The highest BCUT2D eigenvalue weighted by atomic mass is 15.1. The lowest BCUT2D eigenvalue weighted by Crippen LogP contribution is -1.98. The van der Waals surface area contributed by atoms with Crippen molar-refractivity contribution in [1.82, 2.24) is 39.9 Å². The first-order valence-electron chi connectivity index (χ1n) is 34.3.